The monoisotopic (exact) mass is 291 g/mol. The topological polar surface area (TPSA) is 39.9 Å². The summed E-state index contributed by atoms with van der Waals surface area (Å²) in [5.41, 5.74) is 0.145. The molecule has 0 aliphatic rings. The van der Waals surface area contributed by atoms with Gasteiger partial charge in [-0.2, -0.15) is 0 Å². The Kier molecular flexibility index (Phi) is 3.66. The van der Waals surface area contributed by atoms with Crippen molar-refractivity contribution in [1.82, 2.24) is 14.8 Å². The van der Waals surface area contributed by atoms with Crippen LogP contribution < -0.4 is 4.74 Å². The Morgan fingerprint density at radius 2 is 1.95 bits per heavy atom. The van der Waals surface area contributed by atoms with E-state index in [9.17, 15) is 13.2 Å². The van der Waals surface area contributed by atoms with Crippen molar-refractivity contribution in [3.05, 3.63) is 35.4 Å². The maximum atomic E-state index is 12.4. The Labute approximate surface area is 111 Å². The first-order chi connectivity index (χ1) is 8.92. The first-order valence-corrected chi connectivity index (χ1v) is 5.75. The average molecular weight is 292 g/mol. The molecule has 0 radical (unpaired) electrons. The minimum absolute atomic E-state index is 0.0184. The van der Waals surface area contributed by atoms with E-state index in [1.165, 1.54) is 22.8 Å². The highest BCUT2D eigenvalue weighted by Crippen LogP contribution is 2.31. The van der Waals surface area contributed by atoms with Crippen molar-refractivity contribution >= 4 is 11.6 Å². The quantitative estimate of drug-likeness (QED) is 0.870. The molecule has 2 rings (SSSR count). The second-order valence-electron chi connectivity index (χ2n) is 3.59. The van der Waals surface area contributed by atoms with Crippen LogP contribution in [-0.4, -0.2) is 21.1 Å². The van der Waals surface area contributed by atoms with Crippen molar-refractivity contribution in [3.8, 4) is 11.4 Å². The van der Waals surface area contributed by atoms with Crippen LogP contribution in [0.4, 0.5) is 13.2 Å². The Morgan fingerprint density at radius 1 is 1.26 bits per heavy atom. The molecule has 8 heteroatoms. The van der Waals surface area contributed by atoms with Gasteiger partial charge in [0.2, 0.25) is 5.28 Å². The number of rotatable bonds is 3. The number of benzene rings is 1. The number of aromatic nitrogens is 3. The van der Waals surface area contributed by atoms with Gasteiger partial charge in [-0.15, -0.1) is 23.4 Å². The van der Waals surface area contributed by atoms with Crippen LogP contribution in [0.3, 0.4) is 0 Å². The van der Waals surface area contributed by atoms with Gasteiger partial charge in [0.05, 0.1) is 5.69 Å². The summed E-state index contributed by atoms with van der Waals surface area (Å²) in [7, 11) is 0. The number of hydrogen-bond acceptors (Lipinski definition) is 3. The standard InChI is InChI=1S/C11H9ClF3N3O/c1-2-9-16-17-10(12)18(9)7-5-3-4-6-8(7)19-11(13,14)15/h3-6H,2H2,1H3. The molecule has 0 bridgehead atoms. The van der Waals surface area contributed by atoms with Gasteiger partial charge in [0.15, 0.2) is 5.75 Å². The predicted molar refractivity (Wildman–Crippen MR) is 62.4 cm³/mol. The van der Waals surface area contributed by atoms with Crippen LogP contribution in [0.5, 0.6) is 5.75 Å². The van der Waals surface area contributed by atoms with Gasteiger partial charge in [0, 0.05) is 6.42 Å². The zero-order chi connectivity index (χ0) is 14.0. The van der Waals surface area contributed by atoms with Crippen LogP contribution in [0.15, 0.2) is 24.3 Å². The minimum atomic E-state index is -4.77. The van der Waals surface area contributed by atoms with Crippen molar-refractivity contribution in [2.45, 2.75) is 19.7 Å². The van der Waals surface area contributed by atoms with Crippen LogP contribution in [0.25, 0.3) is 5.69 Å². The van der Waals surface area contributed by atoms with Gasteiger partial charge in [0.25, 0.3) is 0 Å². The van der Waals surface area contributed by atoms with Gasteiger partial charge in [-0.05, 0) is 23.7 Å². The number of para-hydroxylation sites is 2. The molecule has 4 nitrogen and oxygen atoms in total. The van der Waals surface area contributed by atoms with Crippen molar-refractivity contribution in [1.29, 1.82) is 0 Å². The second kappa shape index (κ2) is 5.08. The highest BCUT2D eigenvalue weighted by atomic mass is 35.5. The van der Waals surface area contributed by atoms with E-state index in [-0.39, 0.29) is 16.7 Å². The fourth-order valence-corrected chi connectivity index (χ4v) is 1.84. The molecule has 102 valence electrons. The molecule has 2 aromatic rings. The molecule has 1 aromatic carbocycles. The van der Waals surface area contributed by atoms with E-state index in [0.717, 1.165) is 0 Å². The molecule has 0 spiro atoms. The van der Waals surface area contributed by atoms with E-state index >= 15 is 0 Å². The lowest BCUT2D eigenvalue weighted by atomic mass is 10.3. The third-order valence-electron chi connectivity index (χ3n) is 2.34. The SMILES string of the molecule is CCc1nnc(Cl)n1-c1ccccc1OC(F)(F)F. The lowest BCUT2D eigenvalue weighted by Gasteiger charge is -2.14. The number of nitrogens with zero attached hydrogens (tertiary/aromatic N) is 3. The van der Waals surface area contributed by atoms with E-state index in [4.69, 9.17) is 11.6 Å². The zero-order valence-corrected chi connectivity index (χ0v) is 10.5. The molecular formula is C11H9ClF3N3O. The predicted octanol–water partition coefficient (Wildman–Crippen LogP) is 3.38. The molecule has 1 aromatic heterocycles. The number of aryl methyl sites for hydroxylation is 1. The molecule has 0 unspecified atom stereocenters. The fourth-order valence-electron chi connectivity index (χ4n) is 1.62. The highest BCUT2D eigenvalue weighted by molar-refractivity contribution is 6.28. The number of halogens is 4. The molecule has 0 aliphatic carbocycles. The Morgan fingerprint density at radius 3 is 2.58 bits per heavy atom. The van der Waals surface area contributed by atoms with Gasteiger partial charge in [-0.25, -0.2) is 0 Å². The molecule has 0 saturated heterocycles. The highest BCUT2D eigenvalue weighted by Gasteiger charge is 2.32. The molecule has 0 aliphatic heterocycles. The molecule has 0 amide bonds. The molecule has 1 heterocycles. The zero-order valence-electron chi connectivity index (χ0n) is 9.78. The van der Waals surface area contributed by atoms with Gasteiger partial charge < -0.3 is 4.74 Å². The van der Waals surface area contributed by atoms with Crippen LogP contribution in [0, 0.1) is 0 Å². The van der Waals surface area contributed by atoms with Gasteiger partial charge >= 0.3 is 6.36 Å². The minimum Gasteiger partial charge on any atom is -0.404 e. The third kappa shape index (κ3) is 2.98. The summed E-state index contributed by atoms with van der Waals surface area (Å²) in [4.78, 5) is 0. The summed E-state index contributed by atoms with van der Waals surface area (Å²) in [5, 5.41) is 7.42. The van der Waals surface area contributed by atoms with E-state index in [1.807, 2.05) is 0 Å². The van der Waals surface area contributed by atoms with E-state index < -0.39 is 6.36 Å². The molecule has 0 fully saturated rings. The summed E-state index contributed by atoms with van der Waals surface area (Å²) in [6.45, 7) is 1.80. The fraction of sp³-hybridized carbons (Fsp3) is 0.273. The summed E-state index contributed by atoms with van der Waals surface area (Å²) in [6, 6.07) is 5.68. The smallest absolute Gasteiger partial charge is 0.404 e. The second-order valence-corrected chi connectivity index (χ2v) is 3.93. The van der Waals surface area contributed by atoms with Crippen molar-refractivity contribution in [2.75, 3.05) is 0 Å². The van der Waals surface area contributed by atoms with Gasteiger partial charge in [-0.3, -0.25) is 4.57 Å². The van der Waals surface area contributed by atoms with Crippen molar-refractivity contribution < 1.29 is 17.9 Å². The Balaban J connectivity index is 2.53. The summed E-state index contributed by atoms with van der Waals surface area (Å²) < 4.78 is 42.3. The van der Waals surface area contributed by atoms with E-state index in [1.54, 1.807) is 13.0 Å². The van der Waals surface area contributed by atoms with Crippen LogP contribution in [-0.2, 0) is 6.42 Å². The number of alkyl halides is 3. The molecule has 0 saturated carbocycles. The largest absolute Gasteiger partial charge is 0.573 e. The number of hydrogen-bond donors (Lipinski definition) is 0. The third-order valence-corrected chi connectivity index (χ3v) is 2.58. The Hall–Kier alpha value is -1.76. The van der Waals surface area contributed by atoms with E-state index in [0.29, 0.717) is 12.2 Å². The van der Waals surface area contributed by atoms with Gasteiger partial charge in [-0.1, -0.05) is 19.1 Å². The molecule has 0 atom stereocenters. The first-order valence-electron chi connectivity index (χ1n) is 5.37. The van der Waals surface area contributed by atoms with Crippen molar-refractivity contribution in [3.63, 3.8) is 0 Å². The van der Waals surface area contributed by atoms with Crippen LogP contribution >= 0.6 is 11.6 Å². The lowest BCUT2D eigenvalue weighted by Crippen LogP contribution is -2.18. The first kappa shape index (κ1) is 13.7. The summed E-state index contributed by atoms with van der Waals surface area (Å²) in [5.74, 6) is 0.0922. The van der Waals surface area contributed by atoms with Crippen molar-refractivity contribution in [2.24, 2.45) is 0 Å². The summed E-state index contributed by atoms with van der Waals surface area (Å²) in [6.07, 6.45) is -4.30. The maximum Gasteiger partial charge on any atom is 0.573 e. The summed E-state index contributed by atoms with van der Waals surface area (Å²) >= 11 is 5.85. The molecule has 0 N–H and O–H groups in total. The maximum absolute atomic E-state index is 12.4. The lowest BCUT2D eigenvalue weighted by molar-refractivity contribution is -0.274. The van der Waals surface area contributed by atoms with Crippen LogP contribution in [0.1, 0.15) is 12.7 Å². The average Bonchev–Trinajstić information content (AvgIpc) is 2.69. The Bertz CT molecular complexity index is 583. The number of ether oxygens (including phenoxy) is 1. The molecular weight excluding hydrogens is 283 g/mol. The van der Waals surface area contributed by atoms with E-state index in [2.05, 4.69) is 14.9 Å². The van der Waals surface area contributed by atoms with Crippen LogP contribution in [0.2, 0.25) is 5.28 Å². The van der Waals surface area contributed by atoms with Gasteiger partial charge in [0.1, 0.15) is 5.82 Å². The normalized spacial score (nSPS) is 11.6. The molecule has 19 heavy (non-hydrogen) atoms.